The first kappa shape index (κ1) is 13.1. The van der Waals surface area contributed by atoms with Crippen LogP contribution < -0.4 is 0 Å². The van der Waals surface area contributed by atoms with Crippen LogP contribution in [-0.2, 0) is 5.41 Å². The predicted molar refractivity (Wildman–Crippen MR) is 83.0 cm³/mol. The predicted octanol–water partition coefficient (Wildman–Crippen LogP) is 4.58. The number of aromatic nitrogens is 3. The lowest BCUT2D eigenvalue weighted by atomic mass is 9.81. The number of nitrogens with zero attached hydrogens (tertiary/aromatic N) is 2. The van der Waals surface area contributed by atoms with E-state index in [1.54, 1.807) is 0 Å². The second kappa shape index (κ2) is 4.60. The average Bonchev–Trinajstić information content (AvgIpc) is 2.86. The maximum atomic E-state index is 6.44. The van der Waals surface area contributed by atoms with Crippen molar-refractivity contribution < 1.29 is 0 Å². The molecule has 1 heterocycles. The van der Waals surface area contributed by atoms with Crippen molar-refractivity contribution in [1.82, 2.24) is 15.4 Å². The number of aromatic amines is 1. The number of hydrogen-bond acceptors (Lipinski definition) is 2. The van der Waals surface area contributed by atoms with Crippen LogP contribution in [-0.4, -0.2) is 15.4 Å². The summed E-state index contributed by atoms with van der Waals surface area (Å²) in [7, 11) is 0. The molecule has 102 valence electrons. The Morgan fingerprint density at radius 1 is 1.00 bits per heavy atom. The van der Waals surface area contributed by atoms with E-state index in [0.717, 1.165) is 22.2 Å². The normalized spacial score (nSPS) is 12.0. The van der Waals surface area contributed by atoms with Crippen molar-refractivity contribution in [3.8, 4) is 11.1 Å². The zero-order chi connectivity index (χ0) is 14.3. The van der Waals surface area contributed by atoms with E-state index in [0.29, 0.717) is 5.02 Å². The highest BCUT2D eigenvalue weighted by Gasteiger charge is 2.21. The third kappa shape index (κ3) is 2.08. The van der Waals surface area contributed by atoms with Crippen LogP contribution in [0.3, 0.4) is 0 Å². The zero-order valence-corrected chi connectivity index (χ0v) is 12.5. The molecule has 0 unspecified atom stereocenters. The standard InChI is InChI=1S/C16H16ClN3/c1-16(2,3)11-7-5-4-6-10(11)14-12(17)8-9-13-15(14)19-20-18-13/h4-9H,1-3H3,(H,18,19,20). The van der Waals surface area contributed by atoms with Gasteiger partial charge in [0.2, 0.25) is 0 Å². The summed E-state index contributed by atoms with van der Waals surface area (Å²) >= 11 is 6.44. The first-order valence-corrected chi connectivity index (χ1v) is 6.95. The van der Waals surface area contributed by atoms with Gasteiger partial charge < -0.3 is 0 Å². The number of H-pyrrole nitrogens is 1. The summed E-state index contributed by atoms with van der Waals surface area (Å²) in [5, 5.41) is 11.8. The number of halogens is 1. The molecule has 0 saturated carbocycles. The zero-order valence-electron chi connectivity index (χ0n) is 11.7. The Kier molecular flexibility index (Phi) is 3.02. The summed E-state index contributed by atoms with van der Waals surface area (Å²) in [5.41, 5.74) is 4.99. The van der Waals surface area contributed by atoms with Gasteiger partial charge in [-0.25, -0.2) is 0 Å². The van der Waals surface area contributed by atoms with Gasteiger partial charge in [-0.2, -0.15) is 15.4 Å². The van der Waals surface area contributed by atoms with Gasteiger partial charge in [0.1, 0.15) is 11.0 Å². The van der Waals surface area contributed by atoms with Crippen LogP contribution in [0.4, 0.5) is 0 Å². The summed E-state index contributed by atoms with van der Waals surface area (Å²) < 4.78 is 0. The summed E-state index contributed by atoms with van der Waals surface area (Å²) in [6.07, 6.45) is 0. The van der Waals surface area contributed by atoms with E-state index in [9.17, 15) is 0 Å². The SMILES string of the molecule is CC(C)(C)c1ccccc1-c1c(Cl)ccc2n[nH]nc12. The fourth-order valence-electron chi connectivity index (χ4n) is 2.50. The number of rotatable bonds is 1. The summed E-state index contributed by atoms with van der Waals surface area (Å²) in [6, 6.07) is 12.1. The molecule has 0 aliphatic rings. The molecular formula is C16H16ClN3. The van der Waals surface area contributed by atoms with E-state index in [-0.39, 0.29) is 5.41 Å². The van der Waals surface area contributed by atoms with Gasteiger partial charge in [-0.1, -0.05) is 56.6 Å². The van der Waals surface area contributed by atoms with Gasteiger partial charge >= 0.3 is 0 Å². The van der Waals surface area contributed by atoms with Gasteiger partial charge in [0.25, 0.3) is 0 Å². The molecule has 0 amide bonds. The lowest BCUT2D eigenvalue weighted by molar-refractivity contribution is 0.592. The number of nitrogens with one attached hydrogen (secondary N) is 1. The van der Waals surface area contributed by atoms with Crippen molar-refractivity contribution in [2.75, 3.05) is 0 Å². The highest BCUT2D eigenvalue weighted by molar-refractivity contribution is 6.34. The van der Waals surface area contributed by atoms with Crippen molar-refractivity contribution in [1.29, 1.82) is 0 Å². The lowest BCUT2D eigenvalue weighted by Gasteiger charge is -2.23. The van der Waals surface area contributed by atoms with Gasteiger partial charge in [0, 0.05) is 5.56 Å². The van der Waals surface area contributed by atoms with Crippen LogP contribution in [0.1, 0.15) is 26.3 Å². The Bertz CT molecular complexity index is 769. The topological polar surface area (TPSA) is 41.6 Å². The van der Waals surface area contributed by atoms with Gasteiger partial charge in [0.05, 0.1) is 5.02 Å². The minimum atomic E-state index is 0.0336. The second-order valence-corrected chi connectivity index (χ2v) is 6.32. The molecule has 0 fully saturated rings. The van der Waals surface area contributed by atoms with Crippen LogP contribution >= 0.6 is 11.6 Å². The highest BCUT2D eigenvalue weighted by atomic mass is 35.5. The third-order valence-corrected chi connectivity index (χ3v) is 3.76. The Morgan fingerprint density at radius 3 is 2.50 bits per heavy atom. The minimum Gasteiger partial charge on any atom is -0.197 e. The van der Waals surface area contributed by atoms with Crippen LogP contribution in [0.15, 0.2) is 36.4 Å². The molecule has 4 heteroatoms. The van der Waals surface area contributed by atoms with Crippen LogP contribution in [0, 0.1) is 0 Å². The minimum absolute atomic E-state index is 0.0336. The molecule has 0 atom stereocenters. The molecule has 0 aliphatic carbocycles. The fraction of sp³-hybridized carbons (Fsp3) is 0.250. The highest BCUT2D eigenvalue weighted by Crippen LogP contribution is 2.39. The van der Waals surface area contributed by atoms with E-state index in [4.69, 9.17) is 11.6 Å². The van der Waals surface area contributed by atoms with Crippen LogP contribution in [0.5, 0.6) is 0 Å². The number of hydrogen-bond donors (Lipinski definition) is 1. The van der Waals surface area contributed by atoms with Crippen LogP contribution in [0.2, 0.25) is 5.02 Å². The molecule has 0 radical (unpaired) electrons. The molecule has 3 nitrogen and oxygen atoms in total. The largest absolute Gasteiger partial charge is 0.197 e. The van der Waals surface area contributed by atoms with E-state index in [2.05, 4.69) is 54.4 Å². The van der Waals surface area contributed by atoms with Gasteiger partial charge in [-0.05, 0) is 28.7 Å². The molecular weight excluding hydrogens is 270 g/mol. The average molecular weight is 286 g/mol. The third-order valence-electron chi connectivity index (χ3n) is 3.44. The molecule has 0 bridgehead atoms. The quantitative estimate of drug-likeness (QED) is 0.711. The summed E-state index contributed by atoms with van der Waals surface area (Å²) in [5.74, 6) is 0. The Balaban J connectivity index is 2.37. The molecule has 0 aliphatic heterocycles. The molecule has 0 saturated heterocycles. The molecule has 3 aromatic rings. The summed E-state index contributed by atoms with van der Waals surface area (Å²) in [6.45, 7) is 6.59. The molecule has 3 rings (SSSR count). The van der Waals surface area contributed by atoms with Gasteiger partial charge in [0.15, 0.2) is 0 Å². The maximum Gasteiger partial charge on any atom is 0.122 e. The summed E-state index contributed by atoms with van der Waals surface area (Å²) in [4.78, 5) is 0. The van der Waals surface area contributed by atoms with Crippen molar-refractivity contribution in [2.24, 2.45) is 0 Å². The van der Waals surface area contributed by atoms with E-state index < -0.39 is 0 Å². The van der Waals surface area contributed by atoms with Gasteiger partial charge in [-0.15, -0.1) is 0 Å². The molecule has 1 N–H and O–H groups in total. The van der Waals surface area contributed by atoms with Gasteiger partial charge in [-0.3, -0.25) is 0 Å². The molecule has 20 heavy (non-hydrogen) atoms. The first-order chi connectivity index (χ1) is 9.48. The van der Waals surface area contributed by atoms with Crippen molar-refractivity contribution in [3.63, 3.8) is 0 Å². The number of fused-ring (bicyclic) bond motifs is 1. The van der Waals surface area contributed by atoms with Crippen molar-refractivity contribution in [2.45, 2.75) is 26.2 Å². The lowest BCUT2D eigenvalue weighted by Crippen LogP contribution is -2.12. The van der Waals surface area contributed by atoms with Crippen molar-refractivity contribution in [3.05, 3.63) is 47.0 Å². The first-order valence-electron chi connectivity index (χ1n) is 6.57. The Morgan fingerprint density at radius 2 is 1.75 bits per heavy atom. The van der Waals surface area contributed by atoms with Crippen molar-refractivity contribution >= 4 is 22.6 Å². The molecule has 2 aromatic carbocycles. The molecule has 0 spiro atoms. The molecule has 1 aromatic heterocycles. The monoisotopic (exact) mass is 285 g/mol. The Hall–Kier alpha value is -1.87. The Labute approximate surface area is 123 Å². The fourth-order valence-corrected chi connectivity index (χ4v) is 2.75. The van der Waals surface area contributed by atoms with Crippen LogP contribution in [0.25, 0.3) is 22.2 Å². The van der Waals surface area contributed by atoms with E-state index >= 15 is 0 Å². The number of benzene rings is 2. The smallest absolute Gasteiger partial charge is 0.122 e. The van der Waals surface area contributed by atoms with E-state index in [1.807, 2.05) is 18.2 Å². The second-order valence-electron chi connectivity index (χ2n) is 5.91. The van der Waals surface area contributed by atoms with E-state index in [1.165, 1.54) is 5.56 Å². The maximum absolute atomic E-state index is 6.44.